The van der Waals surface area contributed by atoms with Crippen LogP contribution in [0.1, 0.15) is 55.1 Å². The van der Waals surface area contributed by atoms with E-state index in [1.54, 1.807) is 33.5 Å². The fraction of sp³-hybridized carbons (Fsp3) is 0.529. The van der Waals surface area contributed by atoms with E-state index < -0.39 is 17.6 Å². The summed E-state index contributed by atoms with van der Waals surface area (Å²) in [5, 5.41) is 4.08. The molecule has 0 saturated carbocycles. The molecule has 1 saturated heterocycles. The SMILES string of the molecule is [2H]CN(C[2H])CCCC[C@@H](C(=O)N1CCN(C2=NC(C)(C)C(c3ccccc3)O2)C[C@H]1C(=O)NCc1cc2cnccc2s1)N(C[2H])C[2H]. The number of benzene rings is 1. The number of pyridine rings is 1. The Bertz CT molecular complexity index is 1540. The largest absolute Gasteiger partial charge is 0.454 e. The molecule has 3 atom stereocenters. The topological polar surface area (TPSA) is 93.6 Å². The number of thiophene rings is 1. The monoisotopic (exact) mass is 637 g/mol. The third kappa shape index (κ3) is 7.82. The highest BCUT2D eigenvalue weighted by Gasteiger charge is 2.45. The van der Waals surface area contributed by atoms with E-state index in [2.05, 4.69) is 10.3 Å². The lowest BCUT2D eigenvalue weighted by Crippen LogP contribution is -2.64. The summed E-state index contributed by atoms with van der Waals surface area (Å²) < 4.78 is 38.8. The van der Waals surface area contributed by atoms with Gasteiger partial charge >= 0.3 is 0 Å². The number of piperazine rings is 1. The van der Waals surface area contributed by atoms with Crippen molar-refractivity contribution in [1.29, 1.82) is 0 Å². The smallest absolute Gasteiger partial charge is 0.288 e. The Hall–Kier alpha value is -3.54. The molecular weight excluding hydrogens is 586 g/mol. The molecule has 0 spiro atoms. The summed E-state index contributed by atoms with van der Waals surface area (Å²) in [4.78, 5) is 45.3. The molecule has 4 heterocycles. The lowest BCUT2D eigenvalue weighted by molar-refractivity contribution is -0.147. The summed E-state index contributed by atoms with van der Waals surface area (Å²) in [6, 6.07) is 12.7. The first-order chi connectivity index (χ1) is 23.7. The minimum atomic E-state index is -0.856. The van der Waals surface area contributed by atoms with E-state index in [-0.39, 0.29) is 59.1 Å². The molecule has 2 amide bonds. The molecule has 5 rings (SSSR count). The molecule has 2 aliphatic heterocycles. The number of likely N-dealkylation sites (N-methyl/N-ethyl adjacent to an activating group) is 1. The predicted molar refractivity (Wildman–Crippen MR) is 180 cm³/mol. The number of hydrogen-bond donors (Lipinski definition) is 1. The van der Waals surface area contributed by atoms with E-state index in [0.717, 1.165) is 20.5 Å². The van der Waals surface area contributed by atoms with E-state index in [9.17, 15) is 9.59 Å². The van der Waals surface area contributed by atoms with Gasteiger partial charge in [0.1, 0.15) is 11.6 Å². The van der Waals surface area contributed by atoms with E-state index in [4.69, 9.17) is 15.2 Å². The van der Waals surface area contributed by atoms with Gasteiger partial charge in [0.05, 0.1) is 19.1 Å². The minimum absolute atomic E-state index is 0.0369. The molecule has 3 aromatic rings. The van der Waals surface area contributed by atoms with E-state index >= 15 is 0 Å². The van der Waals surface area contributed by atoms with Crippen molar-refractivity contribution < 1.29 is 19.8 Å². The number of unbranched alkanes of at least 4 members (excludes halogenated alkanes) is 1. The average molecular weight is 638 g/mol. The van der Waals surface area contributed by atoms with Crippen LogP contribution in [0.5, 0.6) is 0 Å². The van der Waals surface area contributed by atoms with Crippen molar-refractivity contribution in [1.82, 2.24) is 29.9 Å². The van der Waals surface area contributed by atoms with Crippen LogP contribution in [0.4, 0.5) is 0 Å². The van der Waals surface area contributed by atoms with Crippen molar-refractivity contribution in [3.05, 3.63) is 65.3 Å². The third-order valence-electron chi connectivity index (χ3n) is 8.32. The zero-order valence-corrected chi connectivity index (χ0v) is 27.0. The second-order valence-corrected chi connectivity index (χ2v) is 13.5. The van der Waals surface area contributed by atoms with Crippen LogP contribution in [0, 0.1) is 0 Å². The quantitative estimate of drug-likeness (QED) is 0.318. The number of nitrogens with zero attached hydrogens (tertiary/aromatic N) is 6. The van der Waals surface area contributed by atoms with Gasteiger partial charge in [-0.25, -0.2) is 4.99 Å². The summed E-state index contributed by atoms with van der Waals surface area (Å²) in [5.41, 5.74) is 0.469. The predicted octanol–water partition coefficient (Wildman–Crippen LogP) is 3.99. The number of amidine groups is 1. The Balaban J connectivity index is 1.35. The van der Waals surface area contributed by atoms with Crippen LogP contribution >= 0.6 is 11.3 Å². The second-order valence-electron chi connectivity index (χ2n) is 12.3. The third-order valence-corrected chi connectivity index (χ3v) is 9.44. The number of rotatable bonds is 11. The number of aromatic nitrogens is 1. The molecule has 2 aliphatic rings. The van der Waals surface area contributed by atoms with Crippen LogP contribution in [-0.2, 0) is 20.9 Å². The minimum Gasteiger partial charge on any atom is -0.454 e. The number of ether oxygens (including phenoxy) is 1. The van der Waals surface area contributed by atoms with Gasteiger partial charge in [-0.3, -0.25) is 19.5 Å². The molecule has 1 fully saturated rings. The molecule has 0 radical (unpaired) electrons. The summed E-state index contributed by atoms with van der Waals surface area (Å²) in [6.07, 6.45) is 4.96. The van der Waals surface area contributed by atoms with Crippen molar-refractivity contribution in [2.45, 2.75) is 63.4 Å². The van der Waals surface area contributed by atoms with Crippen molar-refractivity contribution in [2.24, 2.45) is 4.99 Å². The van der Waals surface area contributed by atoms with Gasteiger partial charge in [-0.15, -0.1) is 11.3 Å². The Morgan fingerprint density at radius 3 is 2.73 bits per heavy atom. The van der Waals surface area contributed by atoms with Gasteiger partial charge in [0.25, 0.3) is 6.02 Å². The van der Waals surface area contributed by atoms with Crippen LogP contribution in [0.25, 0.3) is 10.1 Å². The second kappa shape index (κ2) is 14.3. The van der Waals surface area contributed by atoms with Gasteiger partial charge in [0.2, 0.25) is 11.8 Å². The number of aliphatic imine (C=N–C) groups is 1. The highest BCUT2D eigenvalue weighted by atomic mass is 32.1. The first-order valence-corrected chi connectivity index (χ1v) is 16.1. The number of fused-ring (bicyclic) bond motifs is 1. The number of carbonyl (C=O) groups excluding carboxylic acids is 2. The number of nitrogens with one attached hydrogen (secondary N) is 1. The van der Waals surface area contributed by atoms with Gasteiger partial charge in [-0.1, -0.05) is 36.8 Å². The maximum atomic E-state index is 14.4. The molecule has 242 valence electrons. The van der Waals surface area contributed by atoms with Crippen LogP contribution in [0.15, 0.2) is 59.9 Å². The van der Waals surface area contributed by atoms with Crippen LogP contribution in [-0.4, -0.2) is 114 Å². The summed E-state index contributed by atoms with van der Waals surface area (Å²) in [7, 11) is -0.363. The highest BCUT2D eigenvalue weighted by Crippen LogP contribution is 2.38. The fourth-order valence-electron chi connectivity index (χ4n) is 5.92. The van der Waals surface area contributed by atoms with Crippen molar-refractivity contribution in [2.75, 3.05) is 54.3 Å². The standard InChI is InChI=1S/C34H47N7O3S/c1-34(2)30(24-12-8-7-9-13-24)44-33(37-34)40-18-19-41(32(43)27(39(5)6)14-10-11-17-38(3)4)28(23-40)31(42)36-22-26-20-25-21-35-16-15-29(25)45-26/h7-9,12-13,15-16,20-21,27-28,30H,10-11,14,17-19,22-23H2,1-6H3,(H,36,42)/t27-,28-,30?/m0/s1/i3D,4D,5D,6D. The molecule has 0 bridgehead atoms. The molecule has 1 unspecified atom stereocenters. The molecule has 0 aliphatic carbocycles. The molecule has 2 aromatic heterocycles. The zero-order valence-electron chi connectivity index (χ0n) is 30.2. The normalized spacial score (nSPS) is 21.6. The molecule has 1 N–H and O–H groups in total. The molecule has 1 aromatic carbocycles. The van der Waals surface area contributed by atoms with Crippen molar-refractivity contribution >= 4 is 39.3 Å². The summed E-state index contributed by atoms with van der Waals surface area (Å²) in [6.45, 7) is 5.75. The average Bonchev–Trinajstić information content (AvgIpc) is 3.69. The first kappa shape index (κ1) is 27.7. The lowest BCUT2D eigenvalue weighted by atomic mass is 9.93. The van der Waals surface area contributed by atoms with Gasteiger partial charge in [0, 0.05) is 45.9 Å². The maximum absolute atomic E-state index is 14.4. The van der Waals surface area contributed by atoms with Crippen LogP contribution < -0.4 is 5.32 Å². The molecular formula is C34H47N7O3S. The molecule has 45 heavy (non-hydrogen) atoms. The summed E-state index contributed by atoms with van der Waals surface area (Å²) >= 11 is 1.58. The van der Waals surface area contributed by atoms with Gasteiger partial charge in [0.15, 0.2) is 6.10 Å². The van der Waals surface area contributed by atoms with Crippen LogP contribution in [0.2, 0.25) is 0 Å². The van der Waals surface area contributed by atoms with Crippen molar-refractivity contribution in [3.63, 3.8) is 0 Å². The van der Waals surface area contributed by atoms with E-state index in [0.29, 0.717) is 44.9 Å². The number of amides is 2. The highest BCUT2D eigenvalue weighted by molar-refractivity contribution is 7.19. The molecule has 10 nitrogen and oxygen atoms in total. The summed E-state index contributed by atoms with van der Waals surface area (Å²) in [5.74, 6) is -0.573. The van der Waals surface area contributed by atoms with E-state index in [1.807, 2.05) is 61.2 Å². The van der Waals surface area contributed by atoms with Crippen LogP contribution in [0.3, 0.4) is 0 Å². The number of hydrogen-bond acceptors (Lipinski definition) is 9. The van der Waals surface area contributed by atoms with Gasteiger partial charge in [-0.2, -0.15) is 0 Å². The Morgan fingerprint density at radius 2 is 1.98 bits per heavy atom. The Morgan fingerprint density at radius 1 is 1.16 bits per heavy atom. The lowest BCUT2D eigenvalue weighted by Gasteiger charge is -2.42. The van der Waals surface area contributed by atoms with Gasteiger partial charge < -0.3 is 24.8 Å². The Labute approximate surface area is 276 Å². The number of carbonyl (C=O) groups is 2. The van der Waals surface area contributed by atoms with Gasteiger partial charge in [-0.05, 0) is 79.0 Å². The van der Waals surface area contributed by atoms with E-state index in [1.165, 1.54) is 4.90 Å². The van der Waals surface area contributed by atoms with Crippen molar-refractivity contribution in [3.8, 4) is 0 Å². The fourth-order valence-corrected chi connectivity index (χ4v) is 6.89. The first-order valence-electron chi connectivity index (χ1n) is 18.1. The molecule has 11 heteroatoms. The maximum Gasteiger partial charge on any atom is 0.288 e. The Kier molecular flexibility index (Phi) is 8.79. The zero-order chi connectivity index (χ0) is 35.0.